The lowest BCUT2D eigenvalue weighted by atomic mass is 9.84. The van der Waals surface area contributed by atoms with Gasteiger partial charge in [0.1, 0.15) is 0 Å². The summed E-state index contributed by atoms with van der Waals surface area (Å²) in [6.07, 6.45) is 6.38. The van der Waals surface area contributed by atoms with Crippen molar-refractivity contribution in [1.29, 1.82) is 0 Å². The van der Waals surface area contributed by atoms with Crippen molar-refractivity contribution in [3.8, 4) is 0 Å². The lowest BCUT2D eigenvalue weighted by molar-refractivity contribution is 0.0238. The zero-order valence-corrected chi connectivity index (χ0v) is 8.58. The van der Waals surface area contributed by atoms with Crippen LogP contribution in [0, 0.1) is 5.92 Å². The van der Waals surface area contributed by atoms with Crippen LogP contribution in [0.3, 0.4) is 0 Å². The van der Waals surface area contributed by atoms with Crippen molar-refractivity contribution in [3.63, 3.8) is 0 Å². The van der Waals surface area contributed by atoms with Gasteiger partial charge in [-0.3, -0.25) is 4.90 Å². The molecule has 76 valence electrons. The van der Waals surface area contributed by atoms with Gasteiger partial charge >= 0.3 is 0 Å². The van der Waals surface area contributed by atoms with Crippen LogP contribution in [0.15, 0.2) is 0 Å². The molecule has 2 rings (SSSR count). The van der Waals surface area contributed by atoms with Crippen LogP contribution in [0.5, 0.6) is 0 Å². The van der Waals surface area contributed by atoms with E-state index in [2.05, 4.69) is 11.8 Å². The third kappa shape index (κ3) is 2.23. The summed E-state index contributed by atoms with van der Waals surface area (Å²) < 4.78 is 0. The Morgan fingerprint density at radius 1 is 1.23 bits per heavy atom. The molecule has 0 spiro atoms. The van der Waals surface area contributed by atoms with E-state index in [1.165, 1.54) is 32.2 Å². The van der Waals surface area contributed by atoms with Gasteiger partial charge in [-0.05, 0) is 38.5 Å². The lowest BCUT2D eigenvalue weighted by Gasteiger charge is -2.40. The molecular weight excluding hydrogens is 162 g/mol. The van der Waals surface area contributed by atoms with E-state index in [1.807, 2.05) is 0 Å². The third-order valence-electron chi connectivity index (χ3n) is 3.70. The van der Waals surface area contributed by atoms with Crippen molar-refractivity contribution < 1.29 is 5.11 Å². The quantitative estimate of drug-likeness (QED) is 0.703. The van der Waals surface area contributed by atoms with Gasteiger partial charge in [-0.2, -0.15) is 0 Å². The van der Waals surface area contributed by atoms with E-state index in [1.54, 1.807) is 0 Å². The van der Waals surface area contributed by atoms with E-state index in [4.69, 9.17) is 0 Å². The monoisotopic (exact) mass is 183 g/mol. The smallest absolute Gasteiger partial charge is 0.0667 e. The molecule has 0 aromatic carbocycles. The van der Waals surface area contributed by atoms with Crippen LogP contribution < -0.4 is 0 Å². The van der Waals surface area contributed by atoms with Gasteiger partial charge in [0, 0.05) is 19.1 Å². The highest BCUT2D eigenvalue weighted by Gasteiger charge is 2.28. The average molecular weight is 183 g/mol. The number of piperidine rings is 1. The first-order chi connectivity index (χ1) is 6.25. The van der Waals surface area contributed by atoms with E-state index in [0.29, 0.717) is 6.04 Å². The molecule has 1 saturated carbocycles. The second-order valence-corrected chi connectivity index (χ2v) is 4.83. The molecular formula is C11H21NO. The fourth-order valence-corrected chi connectivity index (χ4v) is 2.42. The Kier molecular flexibility index (Phi) is 2.89. The van der Waals surface area contributed by atoms with E-state index in [9.17, 15) is 5.11 Å². The molecule has 2 atom stereocenters. The molecule has 2 fully saturated rings. The van der Waals surface area contributed by atoms with Gasteiger partial charge < -0.3 is 5.11 Å². The maximum atomic E-state index is 9.56. The highest BCUT2D eigenvalue weighted by Crippen LogP contribution is 2.29. The predicted octanol–water partition coefficient (Wildman–Crippen LogP) is 1.63. The summed E-state index contributed by atoms with van der Waals surface area (Å²) in [5.41, 5.74) is 0. The third-order valence-corrected chi connectivity index (χ3v) is 3.70. The summed E-state index contributed by atoms with van der Waals surface area (Å²) in [5.74, 6) is 0.938. The molecule has 2 aliphatic rings. The Balaban J connectivity index is 1.80. The molecule has 13 heavy (non-hydrogen) atoms. The lowest BCUT2D eigenvalue weighted by Crippen LogP contribution is -2.46. The van der Waals surface area contributed by atoms with Crippen LogP contribution in [0.2, 0.25) is 0 Å². The zero-order chi connectivity index (χ0) is 9.26. The molecule has 2 heteroatoms. The second-order valence-electron chi connectivity index (χ2n) is 4.83. The predicted molar refractivity (Wildman–Crippen MR) is 53.6 cm³/mol. The topological polar surface area (TPSA) is 23.5 Å². The number of aliphatic hydroxyl groups excluding tert-OH is 1. The molecule has 0 aromatic heterocycles. The highest BCUT2D eigenvalue weighted by atomic mass is 16.3. The van der Waals surface area contributed by atoms with E-state index in [0.717, 1.165) is 18.9 Å². The van der Waals surface area contributed by atoms with Crippen molar-refractivity contribution in [2.45, 2.75) is 51.2 Å². The number of hydrogen-bond acceptors (Lipinski definition) is 2. The van der Waals surface area contributed by atoms with Gasteiger partial charge in [0.25, 0.3) is 0 Å². The van der Waals surface area contributed by atoms with Gasteiger partial charge in [0.15, 0.2) is 0 Å². The van der Waals surface area contributed by atoms with Crippen molar-refractivity contribution in [2.75, 3.05) is 13.1 Å². The summed E-state index contributed by atoms with van der Waals surface area (Å²) in [4.78, 5) is 2.48. The number of aliphatic hydroxyl groups is 1. The molecule has 2 nitrogen and oxygen atoms in total. The van der Waals surface area contributed by atoms with E-state index in [-0.39, 0.29) is 6.10 Å². The Morgan fingerprint density at radius 3 is 2.62 bits per heavy atom. The minimum Gasteiger partial charge on any atom is -0.392 e. The van der Waals surface area contributed by atoms with Crippen LogP contribution in [-0.2, 0) is 0 Å². The second kappa shape index (κ2) is 3.97. The molecule has 0 amide bonds. The molecule has 1 heterocycles. The van der Waals surface area contributed by atoms with Crippen LogP contribution in [-0.4, -0.2) is 35.2 Å². The minimum absolute atomic E-state index is 0.0590. The zero-order valence-electron chi connectivity index (χ0n) is 8.58. The van der Waals surface area contributed by atoms with Gasteiger partial charge in [0.2, 0.25) is 0 Å². The van der Waals surface area contributed by atoms with E-state index >= 15 is 0 Å². The van der Waals surface area contributed by atoms with Crippen molar-refractivity contribution in [2.24, 2.45) is 5.92 Å². The Hall–Kier alpha value is -0.0800. The molecule has 1 aliphatic carbocycles. The van der Waals surface area contributed by atoms with Gasteiger partial charge in [-0.1, -0.05) is 6.42 Å². The Bertz CT molecular complexity index is 167. The summed E-state index contributed by atoms with van der Waals surface area (Å²) in [6, 6.07) is 0.698. The first kappa shape index (κ1) is 9.47. The minimum atomic E-state index is -0.0590. The largest absolute Gasteiger partial charge is 0.392 e. The standard InChI is InChI=1S/C11H21NO/c1-9-5-6-11(13)8-12(9)7-10-3-2-4-10/h9-11,13H,2-8H2,1H3. The maximum absolute atomic E-state index is 9.56. The van der Waals surface area contributed by atoms with Crippen LogP contribution >= 0.6 is 0 Å². The summed E-state index contributed by atoms with van der Waals surface area (Å²) in [6.45, 7) is 4.44. The molecule has 1 aliphatic heterocycles. The Labute approximate surface area is 80.9 Å². The fourth-order valence-electron chi connectivity index (χ4n) is 2.42. The molecule has 1 N–H and O–H groups in total. The number of β-amino-alcohol motifs (C(OH)–C–C–N with tert-alkyl or cyclic N) is 1. The molecule has 2 unspecified atom stereocenters. The van der Waals surface area contributed by atoms with Crippen molar-refractivity contribution in [1.82, 2.24) is 4.90 Å². The van der Waals surface area contributed by atoms with Crippen molar-refractivity contribution >= 4 is 0 Å². The van der Waals surface area contributed by atoms with Gasteiger partial charge in [0.05, 0.1) is 6.10 Å². The number of hydrogen-bond donors (Lipinski definition) is 1. The van der Waals surface area contributed by atoms with Gasteiger partial charge in [-0.25, -0.2) is 0 Å². The number of likely N-dealkylation sites (tertiary alicyclic amines) is 1. The first-order valence-electron chi connectivity index (χ1n) is 5.68. The summed E-state index contributed by atoms with van der Waals surface area (Å²) >= 11 is 0. The number of nitrogens with zero attached hydrogens (tertiary/aromatic N) is 1. The van der Waals surface area contributed by atoms with Crippen molar-refractivity contribution in [3.05, 3.63) is 0 Å². The fraction of sp³-hybridized carbons (Fsp3) is 1.00. The molecule has 0 radical (unpaired) electrons. The van der Waals surface area contributed by atoms with E-state index < -0.39 is 0 Å². The SMILES string of the molecule is CC1CCC(O)CN1CC1CCC1. The van der Waals surface area contributed by atoms with Crippen LogP contribution in [0.1, 0.15) is 39.0 Å². The molecule has 1 saturated heterocycles. The number of rotatable bonds is 2. The van der Waals surface area contributed by atoms with Gasteiger partial charge in [-0.15, -0.1) is 0 Å². The molecule has 0 aromatic rings. The normalized spacial score (nSPS) is 37.4. The van der Waals surface area contributed by atoms with Crippen LogP contribution in [0.25, 0.3) is 0 Å². The van der Waals surface area contributed by atoms with Crippen LogP contribution in [0.4, 0.5) is 0 Å². The first-order valence-corrected chi connectivity index (χ1v) is 5.68. The summed E-state index contributed by atoms with van der Waals surface area (Å²) in [5, 5.41) is 9.56. The molecule has 0 bridgehead atoms. The maximum Gasteiger partial charge on any atom is 0.0667 e. The highest BCUT2D eigenvalue weighted by molar-refractivity contribution is 4.82. The summed E-state index contributed by atoms with van der Waals surface area (Å²) in [7, 11) is 0. The average Bonchev–Trinajstić information content (AvgIpc) is 2.03. The Morgan fingerprint density at radius 2 is 2.00 bits per heavy atom.